The van der Waals surface area contributed by atoms with Crippen molar-refractivity contribution in [3.63, 3.8) is 0 Å². The van der Waals surface area contributed by atoms with E-state index in [2.05, 4.69) is 37.4 Å². The van der Waals surface area contributed by atoms with Gasteiger partial charge in [-0.05, 0) is 62.2 Å². The molecule has 0 aromatic heterocycles. The van der Waals surface area contributed by atoms with E-state index in [9.17, 15) is 10.1 Å². The van der Waals surface area contributed by atoms with Crippen LogP contribution in [0, 0.1) is 25.2 Å². The number of para-hydroxylation sites is 1. The average Bonchev–Trinajstić information content (AvgIpc) is 2.77. The topological polar surface area (TPSA) is 71.3 Å². The molecule has 0 radical (unpaired) electrons. The van der Waals surface area contributed by atoms with Crippen molar-refractivity contribution in [1.82, 2.24) is 0 Å². The molecule has 3 aromatic rings. The first kappa shape index (κ1) is 22.6. The van der Waals surface area contributed by atoms with Crippen LogP contribution in [0.4, 0.5) is 5.69 Å². The number of hydrogen-bond acceptors (Lipinski definition) is 4. The molecule has 0 fully saturated rings. The molecule has 0 heterocycles. The lowest BCUT2D eigenvalue weighted by Gasteiger charge is -2.13. The minimum atomic E-state index is -0.466. The number of hydrogen-bond donors (Lipinski definition) is 1. The molecule has 0 bridgehead atoms. The maximum absolute atomic E-state index is 12.5. The normalized spacial score (nSPS) is 10.9. The fourth-order valence-electron chi connectivity index (χ4n) is 3.35. The molecule has 0 unspecified atom stereocenters. The highest BCUT2D eigenvalue weighted by Gasteiger charge is 2.12. The van der Waals surface area contributed by atoms with Crippen LogP contribution >= 0.6 is 0 Å². The monoisotopic (exact) mass is 426 g/mol. The smallest absolute Gasteiger partial charge is 0.266 e. The summed E-state index contributed by atoms with van der Waals surface area (Å²) in [5.74, 6) is 0.702. The summed E-state index contributed by atoms with van der Waals surface area (Å²) >= 11 is 0. The van der Waals surface area contributed by atoms with Crippen LogP contribution in [0.5, 0.6) is 11.5 Å². The van der Waals surface area contributed by atoms with Gasteiger partial charge in [0.25, 0.3) is 5.91 Å². The summed E-state index contributed by atoms with van der Waals surface area (Å²) < 4.78 is 11.8. The van der Waals surface area contributed by atoms with Crippen molar-refractivity contribution >= 4 is 17.7 Å². The Morgan fingerprint density at radius 1 is 0.969 bits per heavy atom. The molecule has 5 heteroatoms. The Kier molecular flexibility index (Phi) is 7.66. The minimum absolute atomic E-state index is 0.000191. The highest BCUT2D eigenvalue weighted by molar-refractivity contribution is 6.09. The van der Waals surface area contributed by atoms with E-state index in [1.54, 1.807) is 30.3 Å². The average molecular weight is 427 g/mol. The van der Waals surface area contributed by atoms with Gasteiger partial charge in [-0.3, -0.25) is 4.79 Å². The lowest BCUT2D eigenvalue weighted by atomic mass is 10.1. The standard InChI is InChI=1S/C27H26N2O3/c1-4-31-26-16-21(15-23(17-28)27(30)29-24-8-6-5-7-9-24)10-11-25(26)32-18-22-13-19(2)12-20(3)14-22/h5-16H,4,18H2,1-3H3,(H,29,30)/b23-15+. The highest BCUT2D eigenvalue weighted by Crippen LogP contribution is 2.30. The molecular formula is C27H26N2O3. The van der Waals surface area contributed by atoms with E-state index in [1.165, 1.54) is 17.2 Å². The number of benzene rings is 3. The second-order valence-corrected chi connectivity index (χ2v) is 7.41. The zero-order chi connectivity index (χ0) is 22.9. The van der Waals surface area contributed by atoms with Crippen LogP contribution in [0.15, 0.2) is 72.3 Å². The maximum Gasteiger partial charge on any atom is 0.266 e. The van der Waals surface area contributed by atoms with Crippen LogP contribution in [-0.4, -0.2) is 12.5 Å². The first-order chi connectivity index (χ1) is 15.5. The van der Waals surface area contributed by atoms with Crippen LogP contribution in [-0.2, 0) is 11.4 Å². The number of amides is 1. The van der Waals surface area contributed by atoms with E-state index in [4.69, 9.17) is 9.47 Å². The van der Waals surface area contributed by atoms with Crippen molar-refractivity contribution in [2.45, 2.75) is 27.4 Å². The van der Waals surface area contributed by atoms with Crippen molar-refractivity contribution in [3.05, 3.63) is 94.6 Å². The Morgan fingerprint density at radius 2 is 1.69 bits per heavy atom. The Labute approximate surface area is 188 Å². The van der Waals surface area contributed by atoms with Crippen molar-refractivity contribution in [2.24, 2.45) is 0 Å². The number of aryl methyl sites for hydroxylation is 2. The molecule has 0 saturated carbocycles. The Morgan fingerprint density at radius 3 is 2.34 bits per heavy atom. The summed E-state index contributed by atoms with van der Waals surface area (Å²) in [6.07, 6.45) is 1.54. The SMILES string of the molecule is CCOc1cc(/C=C(\C#N)C(=O)Nc2ccccc2)ccc1OCc1cc(C)cc(C)c1. The Bertz CT molecular complexity index is 1140. The molecule has 3 rings (SSSR count). The summed E-state index contributed by atoms with van der Waals surface area (Å²) in [4.78, 5) is 12.5. The summed E-state index contributed by atoms with van der Waals surface area (Å²) in [5.41, 5.74) is 4.76. The fourth-order valence-corrected chi connectivity index (χ4v) is 3.35. The van der Waals surface area contributed by atoms with E-state index in [-0.39, 0.29) is 5.57 Å². The van der Waals surface area contributed by atoms with Gasteiger partial charge in [0.2, 0.25) is 0 Å². The molecule has 1 amide bonds. The first-order valence-corrected chi connectivity index (χ1v) is 10.4. The number of carbonyl (C=O) groups is 1. The van der Waals surface area contributed by atoms with Crippen molar-refractivity contribution < 1.29 is 14.3 Å². The zero-order valence-corrected chi connectivity index (χ0v) is 18.5. The van der Waals surface area contributed by atoms with Gasteiger partial charge in [-0.1, -0.05) is 53.6 Å². The zero-order valence-electron chi connectivity index (χ0n) is 18.5. The van der Waals surface area contributed by atoms with E-state index in [1.807, 2.05) is 31.2 Å². The third kappa shape index (κ3) is 6.23. The molecule has 0 aliphatic heterocycles. The van der Waals surface area contributed by atoms with Crippen LogP contribution in [0.1, 0.15) is 29.2 Å². The van der Waals surface area contributed by atoms with Gasteiger partial charge in [0.1, 0.15) is 18.2 Å². The summed E-state index contributed by atoms with van der Waals surface area (Å²) in [6.45, 7) is 6.89. The quantitative estimate of drug-likeness (QED) is 0.363. The van der Waals surface area contributed by atoms with Crippen molar-refractivity contribution in [1.29, 1.82) is 5.26 Å². The number of nitrogens with zero attached hydrogens (tertiary/aromatic N) is 1. The van der Waals surface area contributed by atoms with Crippen LogP contribution in [0.25, 0.3) is 6.08 Å². The van der Waals surface area contributed by atoms with Gasteiger partial charge in [0.05, 0.1) is 6.61 Å². The third-order valence-corrected chi connectivity index (χ3v) is 4.65. The summed E-state index contributed by atoms with van der Waals surface area (Å²) in [6, 6.07) is 22.7. The molecule has 3 aromatic carbocycles. The number of nitriles is 1. The molecular weight excluding hydrogens is 400 g/mol. The van der Waals surface area contributed by atoms with Crippen molar-refractivity contribution in [2.75, 3.05) is 11.9 Å². The molecule has 32 heavy (non-hydrogen) atoms. The number of rotatable bonds is 8. The predicted octanol–water partition coefficient (Wildman–Crippen LogP) is 5.83. The minimum Gasteiger partial charge on any atom is -0.490 e. The molecule has 162 valence electrons. The van der Waals surface area contributed by atoms with Crippen molar-refractivity contribution in [3.8, 4) is 17.6 Å². The molecule has 5 nitrogen and oxygen atoms in total. The van der Waals surface area contributed by atoms with Gasteiger partial charge in [-0.25, -0.2) is 0 Å². The molecule has 0 atom stereocenters. The Hall–Kier alpha value is -4.04. The van der Waals surface area contributed by atoms with Gasteiger partial charge in [-0.2, -0.15) is 5.26 Å². The lowest BCUT2D eigenvalue weighted by Crippen LogP contribution is -2.13. The number of anilines is 1. The van der Waals surface area contributed by atoms with Crippen LogP contribution < -0.4 is 14.8 Å². The molecule has 0 aliphatic carbocycles. The van der Waals surface area contributed by atoms with Gasteiger partial charge in [0.15, 0.2) is 11.5 Å². The second kappa shape index (κ2) is 10.8. The van der Waals surface area contributed by atoms with Crippen LogP contribution in [0.2, 0.25) is 0 Å². The van der Waals surface area contributed by atoms with Gasteiger partial charge in [0, 0.05) is 5.69 Å². The van der Waals surface area contributed by atoms with Crippen LogP contribution in [0.3, 0.4) is 0 Å². The summed E-state index contributed by atoms with van der Waals surface area (Å²) in [7, 11) is 0. The molecule has 0 aliphatic rings. The van der Waals surface area contributed by atoms with E-state index >= 15 is 0 Å². The van der Waals surface area contributed by atoms with E-state index in [0.29, 0.717) is 36.0 Å². The number of ether oxygens (including phenoxy) is 2. The van der Waals surface area contributed by atoms with E-state index < -0.39 is 5.91 Å². The lowest BCUT2D eigenvalue weighted by molar-refractivity contribution is -0.112. The largest absolute Gasteiger partial charge is 0.490 e. The highest BCUT2D eigenvalue weighted by atomic mass is 16.5. The summed E-state index contributed by atoms with van der Waals surface area (Å²) in [5, 5.41) is 12.2. The van der Waals surface area contributed by atoms with Gasteiger partial charge in [-0.15, -0.1) is 0 Å². The first-order valence-electron chi connectivity index (χ1n) is 10.4. The number of carbonyl (C=O) groups excluding carboxylic acids is 1. The maximum atomic E-state index is 12.5. The van der Waals surface area contributed by atoms with Gasteiger partial charge >= 0.3 is 0 Å². The third-order valence-electron chi connectivity index (χ3n) is 4.65. The molecule has 1 N–H and O–H groups in total. The molecule has 0 saturated heterocycles. The predicted molar refractivity (Wildman–Crippen MR) is 127 cm³/mol. The van der Waals surface area contributed by atoms with Gasteiger partial charge < -0.3 is 14.8 Å². The number of nitrogens with one attached hydrogen (secondary N) is 1. The fraction of sp³-hybridized carbons (Fsp3) is 0.185. The Balaban J connectivity index is 1.79. The molecule has 0 spiro atoms. The van der Waals surface area contributed by atoms with E-state index in [0.717, 1.165) is 5.56 Å². The second-order valence-electron chi connectivity index (χ2n) is 7.41.